The van der Waals surface area contributed by atoms with Gasteiger partial charge in [-0.25, -0.2) is 4.79 Å². The number of aliphatic hydroxyl groups excluding tert-OH is 2. The highest BCUT2D eigenvalue weighted by molar-refractivity contribution is 5.74. The van der Waals surface area contributed by atoms with Crippen LogP contribution in [0.15, 0.2) is 24.3 Å². The minimum Gasteiger partial charge on any atom is -0.491 e. The number of ether oxygens (including phenoxy) is 2. The summed E-state index contributed by atoms with van der Waals surface area (Å²) in [6.07, 6.45) is -1.20. The largest absolute Gasteiger partial charge is 0.491 e. The molecule has 0 aliphatic carbocycles. The molecule has 0 spiro atoms. The highest BCUT2D eigenvalue weighted by atomic mass is 16.6. The summed E-state index contributed by atoms with van der Waals surface area (Å²) in [6.45, 7) is 3.67. The van der Waals surface area contributed by atoms with E-state index in [0.717, 1.165) is 5.56 Å². The first-order valence-electron chi connectivity index (χ1n) is 6.24. The van der Waals surface area contributed by atoms with Gasteiger partial charge in [-0.05, 0) is 31.5 Å². The lowest BCUT2D eigenvalue weighted by Crippen LogP contribution is -2.27. The molecule has 0 saturated heterocycles. The molecule has 106 valence electrons. The lowest BCUT2D eigenvalue weighted by atomic mass is 10.1. The third-order valence-electron chi connectivity index (χ3n) is 2.34. The summed E-state index contributed by atoms with van der Waals surface area (Å²) in [5.41, 5.74) is 0.810. The van der Waals surface area contributed by atoms with Crippen molar-refractivity contribution in [1.82, 2.24) is 0 Å². The molecule has 1 rings (SSSR count). The Morgan fingerprint density at radius 3 is 2.42 bits per heavy atom. The molecule has 1 aromatic carbocycles. The molecule has 1 unspecified atom stereocenters. The van der Waals surface area contributed by atoms with E-state index in [2.05, 4.69) is 0 Å². The zero-order valence-corrected chi connectivity index (χ0v) is 11.2. The fraction of sp³-hybridized carbons (Fsp3) is 0.500. The van der Waals surface area contributed by atoms with Gasteiger partial charge < -0.3 is 19.7 Å². The summed E-state index contributed by atoms with van der Waals surface area (Å²) in [7, 11) is 0. The van der Waals surface area contributed by atoms with Gasteiger partial charge in [-0.2, -0.15) is 0 Å². The van der Waals surface area contributed by atoms with Crippen LogP contribution in [0.2, 0.25) is 0 Å². The second-order valence-corrected chi connectivity index (χ2v) is 4.42. The normalized spacial score (nSPS) is 12.3. The second kappa shape index (κ2) is 7.76. The Morgan fingerprint density at radius 2 is 1.89 bits per heavy atom. The number of aliphatic hydroxyl groups is 2. The topological polar surface area (TPSA) is 76.0 Å². The molecule has 0 saturated carbocycles. The smallest absolute Gasteiger partial charge is 0.335 e. The molecular weight excluding hydrogens is 248 g/mol. The molecule has 0 aromatic heterocycles. The molecule has 0 fully saturated rings. The van der Waals surface area contributed by atoms with Gasteiger partial charge in [-0.15, -0.1) is 0 Å². The molecule has 0 bridgehead atoms. The van der Waals surface area contributed by atoms with Gasteiger partial charge in [0.05, 0.1) is 12.7 Å². The Bertz CT molecular complexity index is 385. The van der Waals surface area contributed by atoms with Crippen molar-refractivity contribution < 1.29 is 24.5 Å². The van der Waals surface area contributed by atoms with E-state index in [1.165, 1.54) is 0 Å². The third-order valence-corrected chi connectivity index (χ3v) is 2.34. The third kappa shape index (κ3) is 5.72. The average molecular weight is 268 g/mol. The fourth-order valence-corrected chi connectivity index (χ4v) is 1.50. The van der Waals surface area contributed by atoms with Gasteiger partial charge in [0, 0.05) is 6.42 Å². The van der Waals surface area contributed by atoms with Gasteiger partial charge in [0.2, 0.25) is 0 Å². The summed E-state index contributed by atoms with van der Waals surface area (Å²) in [4.78, 5) is 11.4. The first-order valence-corrected chi connectivity index (χ1v) is 6.24. The first kappa shape index (κ1) is 15.5. The highest BCUT2D eigenvalue weighted by Gasteiger charge is 2.18. The molecule has 0 aliphatic heterocycles. The van der Waals surface area contributed by atoms with Crippen LogP contribution in [0, 0.1) is 0 Å². The maximum atomic E-state index is 11.4. The minimum atomic E-state index is -1.16. The monoisotopic (exact) mass is 268 g/mol. The predicted molar refractivity (Wildman–Crippen MR) is 70.0 cm³/mol. The zero-order valence-electron chi connectivity index (χ0n) is 11.2. The van der Waals surface area contributed by atoms with Gasteiger partial charge in [-0.3, -0.25) is 0 Å². The lowest BCUT2D eigenvalue weighted by molar-refractivity contribution is -0.157. The molecule has 0 radical (unpaired) electrons. The van der Waals surface area contributed by atoms with E-state index in [9.17, 15) is 9.90 Å². The van der Waals surface area contributed by atoms with Crippen LogP contribution in [0.1, 0.15) is 19.4 Å². The van der Waals surface area contributed by atoms with Gasteiger partial charge in [0.15, 0.2) is 6.10 Å². The molecular formula is C14H20O5. The summed E-state index contributed by atoms with van der Waals surface area (Å²) < 4.78 is 10.1. The van der Waals surface area contributed by atoms with E-state index in [4.69, 9.17) is 14.6 Å². The van der Waals surface area contributed by atoms with Crippen LogP contribution in [0.25, 0.3) is 0 Å². The van der Waals surface area contributed by atoms with Gasteiger partial charge >= 0.3 is 5.97 Å². The van der Waals surface area contributed by atoms with Crippen molar-refractivity contribution in [1.29, 1.82) is 0 Å². The number of esters is 1. The van der Waals surface area contributed by atoms with Crippen LogP contribution < -0.4 is 4.74 Å². The van der Waals surface area contributed by atoms with E-state index in [1.54, 1.807) is 38.1 Å². The summed E-state index contributed by atoms with van der Waals surface area (Å²) in [5.74, 6) is 0.0210. The number of hydrogen-bond acceptors (Lipinski definition) is 5. The second-order valence-electron chi connectivity index (χ2n) is 4.42. The molecule has 5 heteroatoms. The highest BCUT2D eigenvalue weighted by Crippen LogP contribution is 2.14. The Balaban J connectivity index is 2.50. The van der Waals surface area contributed by atoms with Crippen molar-refractivity contribution in [2.24, 2.45) is 0 Å². The Morgan fingerprint density at radius 1 is 1.26 bits per heavy atom. The molecule has 1 aromatic rings. The average Bonchev–Trinajstić information content (AvgIpc) is 2.37. The van der Waals surface area contributed by atoms with E-state index in [-0.39, 0.29) is 25.7 Å². The summed E-state index contributed by atoms with van der Waals surface area (Å²) in [6, 6.07) is 6.98. The fourth-order valence-electron chi connectivity index (χ4n) is 1.50. The van der Waals surface area contributed by atoms with Gasteiger partial charge in [0.25, 0.3) is 0 Å². The number of carbonyl (C=O) groups is 1. The predicted octanol–water partition coefficient (Wildman–Crippen LogP) is 0.913. The van der Waals surface area contributed by atoms with E-state index in [1.807, 2.05) is 0 Å². The summed E-state index contributed by atoms with van der Waals surface area (Å²) in [5, 5.41) is 18.3. The van der Waals surface area contributed by atoms with Gasteiger partial charge in [0.1, 0.15) is 12.4 Å². The van der Waals surface area contributed by atoms with Crippen molar-refractivity contribution in [2.75, 3.05) is 13.2 Å². The lowest BCUT2D eigenvalue weighted by Gasteiger charge is -2.13. The number of carbonyl (C=O) groups excluding carboxylic acids is 1. The van der Waals surface area contributed by atoms with E-state index >= 15 is 0 Å². The minimum absolute atomic E-state index is 0.0402. The number of hydrogen-bond donors (Lipinski definition) is 2. The summed E-state index contributed by atoms with van der Waals surface area (Å²) >= 11 is 0. The maximum absolute atomic E-state index is 11.4. The molecule has 0 aliphatic rings. The van der Waals surface area contributed by atoms with Crippen LogP contribution >= 0.6 is 0 Å². The Labute approximate surface area is 112 Å². The van der Waals surface area contributed by atoms with Crippen LogP contribution in [0.4, 0.5) is 0 Å². The van der Waals surface area contributed by atoms with E-state index in [0.29, 0.717) is 5.75 Å². The van der Waals surface area contributed by atoms with Crippen molar-refractivity contribution >= 4 is 5.97 Å². The van der Waals surface area contributed by atoms with Crippen molar-refractivity contribution in [3.8, 4) is 5.75 Å². The van der Waals surface area contributed by atoms with Gasteiger partial charge in [-0.1, -0.05) is 12.1 Å². The Hall–Kier alpha value is -1.59. The van der Waals surface area contributed by atoms with Crippen molar-refractivity contribution in [3.05, 3.63) is 29.8 Å². The number of rotatable bonds is 7. The maximum Gasteiger partial charge on any atom is 0.335 e. The first-order chi connectivity index (χ1) is 9.02. The molecule has 5 nitrogen and oxygen atoms in total. The molecule has 2 N–H and O–H groups in total. The SMILES string of the molecule is CC(C)OC(=O)C(O)Cc1ccc(OCCO)cc1. The van der Waals surface area contributed by atoms with Crippen LogP contribution in [-0.2, 0) is 16.0 Å². The van der Waals surface area contributed by atoms with Crippen molar-refractivity contribution in [2.45, 2.75) is 32.5 Å². The number of benzene rings is 1. The van der Waals surface area contributed by atoms with Crippen molar-refractivity contribution in [3.63, 3.8) is 0 Å². The molecule has 1 atom stereocenters. The standard InChI is InChI=1S/C14H20O5/c1-10(2)19-14(17)13(16)9-11-3-5-12(6-4-11)18-8-7-15/h3-6,10,13,15-16H,7-9H2,1-2H3. The van der Waals surface area contributed by atoms with Crippen LogP contribution in [0.3, 0.4) is 0 Å². The van der Waals surface area contributed by atoms with Crippen LogP contribution in [-0.4, -0.2) is 41.6 Å². The van der Waals surface area contributed by atoms with Crippen LogP contribution in [0.5, 0.6) is 5.75 Å². The molecule has 19 heavy (non-hydrogen) atoms. The quantitative estimate of drug-likeness (QED) is 0.719. The van der Waals surface area contributed by atoms with E-state index < -0.39 is 12.1 Å². The zero-order chi connectivity index (χ0) is 14.3. The Kier molecular flexibility index (Phi) is 6.32. The molecule has 0 amide bonds. The molecule has 0 heterocycles.